The number of carbonyl (C=O) groups is 1. The predicted molar refractivity (Wildman–Crippen MR) is 121 cm³/mol. The normalized spacial score (nSPS) is 40.2. The molecule has 6 bridgehead atoms. The van der Waals surface area contributed by atoms with Gasteiger partial charge in [-0.2, -0.15) is 0 Å². The van der Waals surface area contributed by atoms with Crippen LogP contribution in [0, 0.1) is 17.8 Å². The summed E-state index contributed by atoms with van der Waals surface area (Å²) in [6.45, 7) is 0. The molecule has 0 amide bonds. The van der Waals surface area contributed by atoms with Gasteiger partial charge in [0.05, 0.1) is 11.0 Å². The van der Waals surface area contributed by atoms with Crippen molar-refractivity contribution in [3.63, 3.8) is 0 Å². The Kier molecular flexibility index (Phi) is 4.01. The molecule has 6 heteroatoms. The molecular weight excluding hydrogens is 402 g/mol. The van der Waals surface area contributed by atoms with Crippen LogP contribution < -0.4 is 5.56 Å². The summed E-state index contributed by atoms with van der Waals surface area (Å²) >= 11 is 0. The Balaban J connectivity index is 1.27. The maximum Gasteiger partial charge on any atom is 0.360 e. The molecule has 2 aliphatic heterocycles. The van der Waals surface area contributed by atoms with Gasteiger partial charge < -0.3 is 9.67 Å². The van der Waals surface area contributed by atoms with E-state index in [1.807, 2.05) is 24.3 Å². The summed E-state index contributed by atoms with van der Waals surface area (Å²) in [6, 6.07) is 8.59. The summed E-state index contributed by atoms with van der Waals surface area (Å²) in [7, 11) is 0. The molecule has 1 aromatic heterocycles. The Hall–Kier alpha value is -2.21. The summed E-state index contributed by atoms with van der Waals surface area (Å²) in [5, 5.41) is 9.62. The Labute approximate surface area is 187 Å². The van der Waals surface area contributed by atoms with Gasteiger partial charge in [0.15, 0.2) is 0 Å². The van der Waals surface area contributed by atoms with E-state index in [9.17, 15) is 14.7 Å². The first kappa shape index (κ1) is 19.3. The zero-order valence-corrected chi connectivity index (χ0v) is 18.4. The standard InChI is InChI=1S/C26H31N3O3/c30-24-23(25(31)32)27-21-3-1-2-4-22(21)28(24)20-10-18-5-6-19(11-20)29(18)26-12-15-7-16(13-26)9-17(8-15)14-26/h1-4,15-20H,5-14H2,(H,31,32)/t15?,16?,17?,18-,19+,20-,26?. The second-order valence-electron chi connectivity index (χ2n) is 11.5. The molecule has 8 rings (SSSR count). The van der Waals surface area contributed by atoms with E-state index in [4.69, 9.17) is 0 Å². The third-order valence-electron chi connectivity index (χ3n) is 9.62. The lowest BCUT2D eigenvalue weighted by Crippen LogP contribution is -2.64. The second kappa shape index (κ2) is 6.66. The van der Waals surface area contributed by atoms with Gasteiger partial charge in [0.2, 0.25) is 5.69 Å². The van der Waals surface area contributed by atoms with Gasteiger partial charge in [-0.25, -0.2) is 9.78 Å². The van der Waals surface area contributed by atoms with Gasteiger partial charge in [-0.1, -0.05) is 12.1 Å². The van der Waals surface area contributed by atoms with Crippen LogP contribution in [0.2, 0.25) is 0 Å². The average molecular weight is 434 g/mol. The summed E-state index contributed by atoms with van der Waals surface area (Å²) in [5.74, 6) is 1.57. The summed E-state index contributed by atoms with van der Waals surface area (Å²) in [6.07, 6.45) is 12.9. The molecule has 1 aromatic carbocycles. The topological polar surface area (TPSA) is 75.4 Å². The van der Waals surface area contributed by atoms with Crippen molar-refractivity contribution in [2.45, 2.75) is 87.9 Å². The van der Waals surface area contributed by atoms with Crippen LogP contribution >= 0.6 is 0 Å². The molecular formula is C26H31N3O3. The monoisotopic (exact) mass is 433 g/mol. The van der Waals surface area contributed by atoms with Crippen molar-refractivity contribution < 1.29 is 9.90 Å². The lowest BCUT2D eigenvalue weighted by Gasteiger charge is -2.63. The molecule has 32 heavy (non-hydrogen) atoms. The maximum absolute atomic E-state index is 13.3. The van der Waals surface area contributed by atoms with Crippen LogP contribution in [-0.4, -0.2) is 43.1 Å². The molecule has 2 saturated heterocycles. The van der Waals surface area contributed by atoms with Gasteiger partial charge in [0.1, 0.15) is 0 Å². The highest BCUT2D eigenvalue weighted by Gasteiger charge is 2.58. The van der Waals surface area contributed by atoms with Crippen molar-refractivity contribution in [1.82, 2.24) is 14.5 Å². The number of carboxylic acid groups (broad SMARTS) is 1. The second-order valence-corrected chi connectivity index (χ2v) is 11.5. The number of carboxylic acids is 1. The van der Waals surface area contributed by atoms with Crippen LogP contribution in [0.5, 0.6) is 0 Å². The van der Waals surface area contributed by atoms with Crippen LogP contribution in [0.15, 0.2) is 29.1 Å². The first-order valence-corrected chi connectivity index (χ1v) is 12.5. The molecule has 3 heterocycles. The molecule has 2 aromatic rings. The Morgan fingerprint density at radius 3 is 2.09 bits per heavy atom. The molecule has 1 N–H and O–H groups in total. The highest BCUT2D eigenvalue weighted by molar-refractivity contribution is 5.88. The number of para-hydroxylation sites is 2. The van der Waals surface area contributed by atoms with Crippen LogP contribution in [0.1, 0.15) is 80.7 Å². The number of hydrogen-bond acceptors (Lipinski definition) is 4. The van der Waals surface area contributed by atoms with Gasteiger partial charge in [-0.05, 0) is 94.1 Å². The number of hydrogen-bond donors (Lipinski definition) is 1. The zero-order chi connectivity index (χ0) is 21.6. The van der Waals surface area contributed by atoms with E-state index >= 15 is 0 Å². The Morgan fingerprint density at radius 1 is 0.906 bits per heavy atom. The van der Waals surface area contributed by atoms with E-state index < -0.39 is 11.5 Å². The van der Waals surface area contributed by atoms with E-state index in [0.717, 1.165) is 36.1 Å². The molecule has 0 unspecified atom stereocenters. The third-order valence-corrected chi connectivity index (χ3v) is 9.62. The minimum Gasteiger partial charge on any atom is -0.476 e. The SMILES string of the molecule is O=C(O)c1nc2ccccc2n([C@@H]2C[C@H]3CC[C@@H](C2)N3C23CC4CC(CC(C4)C2)C3)c1=O. The van der Waals surface area contributed by atoms with E-state index in [2.05, 4.69) is 9.88 Å². The molecule has 6 aliphatic rings. The van der Waals surface area contributed by atoms with E-state index in [0.29, 0.717) is 23.1 Å². The zero-order valence-electron chi connectivity index (χ0n) is 18.4. The van der Waals surface area contributed by atoms with E-state index in [-0.39, 0.29) is 11.7 Å². The van der Waals surface area contributed by atoms with Gasteiger partial charge in [-0.3, -0.25) is 9.69 Å². The minimum absolute atomic E-state index is 0.0520. The van der Waals surface area contributed by atoms with Crippen molar-refractivity contribution in [2.75, 3.05) is 0 Å². The number of aromatic carboxylic acids is 1. The van der Waals surface area contributed by atoms with Gasteiger partial charge in [-0.15, -0.1) is 0 Å². The Bertz CT molecular complexity index is 1120. The number of piperidine rings is 1. The number of nitrogens with zero attached hydrogens (tertiary/aromatic N) is 3. The number of rotatable bonds is 3. The van der Waals surface area contributed by atoms with Crippen molar-refractivity contribution in [3.8, 4) is 0 Å². The molecule has 6 nitrogen and oxygen atoms in total. The van der Waals surface area contributed by atoms with E-state index in [1.54, 1.807) is 4.57 Å². The summed E-state index contributed by atoms with van der Waals surface area (Å²) in [5.41, 5.74) is 0.988. The maximum atomic E-state index is 13.3. The first-order chi connectivity index (χ1) is 15.5. The van der Waals surface area contributed by atoms with Crippen molar-refractivity contribution in [3.05, 3.63) is 40.3 Å². The van der Waals surface area contributed by atoms with Crippen LogP contribution in [0.25, 0.3) is 11.0 Å². The molecule has 6 fully saturated rings. The number of aromatic nitrogens is 2. The first-order valence-electron chi connectivity index (χ1n) is 12.5. The summed E-state index contributed by atoms with van der Waals surface area (Å²) < 4.78 is 1.79. The summed E-state index contributed by atoms with van der Waals surface area (Å²) in [4.78, 5) is 32.2. The Morgan fingerprint density at radius 2 is 1.50 bits per heavy atom. The third kappa shape index (κ3) is 2.65. The lowest BCUT2D eigenvalue weighted by molar-refractivity contribution is -0.121. The fraction of sp³-hybridized carbons (Fsp3) is 0.654. The van der Waals surface area contributed by atoms with Gasteiger partial charge >= 0.3 is 5.97 Å². The number of fused-ring (bicyclic) bond motifs is 3. The van der Waals surface area contributed by atoms with Crippen molar-refractivity contribution >= 4 is 17.0 Å². The highest BCUT2D eigenvalue weighted by atomic mass is 16.4. The van der Waals surface area contributed by atoms with Crippen LogP contribution in [0.4, 0.5) is 0 Å². The number of benzene rings is 1. The lowest BCUT2D eigenvalue weighted by atomic mass is 9.52. The van der Waals surface area contributed by atoms with Gasteiger partial charge in [0, 0.05) is 23.7 Å². The molecule has 4 saturated carbocycles. The predicted octanol–water partition coefficient (Wildman–Crippen LogP) is 4.23. The largest absolute Gasteiger partial charge is 0.476 e. The van der Waals surface area contributed by atoms with Gasteiger partial charge in [0.25, 0.3) is 5.56 Å². The average Bonchev–Trinajstić information content (AvgIpc) is 3.04. The van der Waals surface area contributed by atoms with E-state index in [1.165, 1.54) is 51.4 Å². The minimum atomic E-state index is -1.23. The molecule has 4 aliphatic carbocycles. The molecule has 3 atom stereocenters. The van der Waals surface area contributed by atoms with Crippen molar-refractivity contribution in [2.24, 2.45) is 17.8 Å². The molecule has 0 radical (unpaired) electrons. The fourth-order valence-corrected chi connectivity index (χ4v) is 9.17. The van der Waals surface area contributed by atoms with Crippen LogP contribution in [-0.2, 0) is 0 Å². The highest BCUT2D eigenvalue weighted by Crippen LogP contribution is 2.61. The smallest absolute Gasteiger partial charge is 0.360 e. The van der Waals surface area contributed by atoms with Crippen molar-refractivity contribution in [1.29, 1.82) is 0 Å². The van der Waals surface area contributed by atoms with Crippen LogP contribution in [0.3, 0.4) is 0 Å². The molecule has 0 spiro atoms. The quantitative estimate of drug-likeness (QED) is 0.784. The molecule has 168 valence electrons. The fourth-order valence-electron chi connectivity index (χ4n) is 9.17.